The van der Waals surface area contributed by atoms with Gasteiger partial charge in [-0.2, -0.15) is 0 Å². The van der Waals surface area contributed by atoms with E-state index in [2.05, 4.69) is 0 Å². The van der Waals surface area contributed by atoms with Crippen molar-refractivity contribution in [2.75, 3.05) is 0 Å². The molecule has 6 heteroatoms. The Hall–Kier alpha value is -1.33. The summed E-state index contributed by atoms with van der Waals surface area (Å²) in [5.74, 6) is -1.10. The van der Waals surface area contributed by atoms with E-state index < -0.39 is 15.0 Å². The highest BCUT2D eigenvalue weighted by atomic mass is 35.7. The predicted molar refractivity (Wildman–Crippen MR) is 56.2 cm³/mol. The van der Waals surface area contributed by atoms with Gasteiger partial charge in [0.15, 0.2) is 0 Å². The molecule has 1 aromatic rings. The molecular weight excluding hydrogens is 240 g/mol. The van der Waals surface area contributed by atoms with Crippen molar-refractivity contribution < 1.29 is 18.3 Å². The molecule has 0 unspecified atom stereocenters. The highest BCUT2D eigenvalue weighted by Crippen LogP contribution is 2.16. The molecule has 0 aliphatic carbocycles. The van der Waals surface area contributed by atoms with Crippen molar-refractivity contribution in [1.29, 1.82) is 0 Å². The van der Waals surface area contributed by atoms with E-state index in [0.717, 1.165) is 6.08 Å². The Morgan fingerprint density at radius 1 is 1.40 bits per heavy atom. The maximum atomic E-state index is 10.9. The van der Waals surface area contributed by atoms with E-state index in [1.54, 1.807) is 6.07 Å². The van der Waals surface area contributed by atoms with E-state index in [0.29, 0.717) is 5.56 Å². The molecule has 0 heterocycles. The van der Waals surface area contributed by atoms with Gasteiger partial charge >= 0.3 is 5.97 Å². The zero-order valence-electron chi connectivity index (χ0n) is 7.42. The molecule has 0 aliphatic rings. The number of hydrogen-bond acceptors (Lipinski definition) is 3. The molecule has 0 atom stereocenters. The topological polar surface area (TPSA) is 71.4 Å². The Balaban J connectivity index is 3.09. The highest BCUT2D eigenvalue weighted by molar-refractivity contribution is 8.13. The summed E-state index contributed by atoms with van der Waals surface area (Å²) in [6.07, 6.45) is 2.20. The molecule has 0 aromatic heterocycles. The van der Waals surface area contributed by atoms with E-state index in [1.165, 1.54) is 24.3 Å². The molecule has 1 N–H and O–H groups in total. The lowest BCUT2D eigenvalue weighted by Gasteiger charge is -1.97. The van der Waals surface area contributed by atoms with Crippen LogP contribution in [0.15, 0.2) is 35.2 Å². The third-order valence-corrected chi connectivity index (χ3v) is 2.91. The molecular formula is C9H7ClO4S. The minimum atomic E-state index is -3.77. The van der Waals surface area contributed by atoms with Crippen LogP contribution >= 0.6 is 10.7 Å². The van der Waals surface area contributed by atoms with Gasteiger partial charge in [0.2, 0.25) is 0 Å². The fraction of sp³-hybridized carbons (Fsp3) is 0. The van der Waals surface area contributed by atoms with Crippen LogP contribution in [-0.4, -0.2) is 19.5 Å². The molecule has 0 aliphatic heterocycles. The molecule has 0 saturated heterocycles. The van der Waals surface area contributed by atoms with E-state index in [1.807, 2.05) is 0 Å². The quantitative estimate of drug-likeness (QED) is 0.651. The summed E-state index contributed by atoms with van der Waals surface area (Å²) >= 11 is 0. The van der Waals surface area contributed by atoms with Gasteiger partial charge in [0, 0.05) is 16.8 Å². The molecule has 0 fully saturated rings. The number of carboxylic acids is 1. The minimum Gasteiger partial charge on any atom is -0.478 e. The van der Waals surface area contributed by atoms with Crippen molar-refractivity contribution in [2.45, 2.75) is 4.90 Å². The monoisotopic (exact) mass is 246 g/mol. The lowest BCUT2D eigenvalue weighted by molar-refractivity contribution is -0.131. The Bertz CT molecular complexity index is 505. The summed E-state index contributed by atoms with van der Waals surface area (Å²) in [4.78, 5) is 10.2. The normalized spacial score (nSPS) is 11.8. The van der Waals surface area contributed by atoms with E-state index in [-0.39, 0.29) is 4.90 Å². The summed E-state index contributed by atoms with van der Waals surface area (Å²) in [5.41, 5.74) is 0.458. The van der Waals surface area contributed by atoms with Gasteiger partial charge in [-0.25, -0.2) is 13.2 Å². The van der Waals surface area contributed by atoms with Crippen LogP contribution in [0.25, 0.3) is 6.08 Å². The van der Waals surface area contributed by atoms with Crippen LogP contribution < -0.4 is 0 Å². The Labute approximate surface area is 91.2 Å². The van der Waals surface area contributed by atoms with Crippen LogP contribution in [-0.2, 0) is 13.8 Å². The standard InChI is InChI=1S/C9H7ClO4S/c10-15(13,14)8-3-1-2-7(6-8)4-5-9(11)12/h1-6H,(H,11,12). The summed E-state index contributed by atoms with van der Waals surface area (Å²) < 4.78 is 21.9. The van der Waals surface area contributed by atoms with Gasteiger partial charge < -0.3 is 5.11 Å². The number of hydrogen-bond donors (Lipinski definition) is 1. The SMILES string of the molecule is O=C(O)C=Cc1cccc(S(=O)(=O)Cl)c1. The second-order valence-electron chi connectivity index (χ2n) is 2.68. The molecule has 15 heavy (non-hydrogen) atoms. The maximum absolute atomic E-state index is 10.9. The number of carboxylic acid groups (broad SMARTS) is 1. The summed E-state index contributed by atoms with van der Waals surface area (Å²) in [6, 6.07) is 5.68. The van der Waals surface area contributed by atoms with Gasteiger partial charge in [-0.15, -0.1) is 0 Å². The molecule has 80 valence electrons. The maximum Gasteiger partial charge on any atom is 0.328 e. The molecule has 0 spiro atoms. The van der Waals surface area contributed by atoms with Crippen molar-refractivity contribution in [1.82, 2.24) is 0 Å². The van der Waals surface area contributed by atoms with Crippen molar-refractivity contribution in [3.05, 3.63) is 35.9 Å². The zero-order chi connectivity index (χ0) is 11.5. The third kappa shape index (κ3) is 3.73. The minimum absolute atomic E-state index is 0.0586. The fourth-order valence-electron chi connectivity index (χ4n) is 0.937. The largest absolute Gasteiger partial charge is 0.478 e. The fourth-order valence-corrected chi connectivity index (χ4v) is 1.74. The second kappa shape index (κ2) is 4.46. The van der Waals surface area contributed by atoms with Gasteiger partial charge in [-0.05, 0) is 23.8 Å². The van der Waals surface area contributed by atoms with Crippen molar-refractivity contribution >= 4 is 31.8 Å². The lowest BCUT2D eigenvalue weighted by atomic mass is 10.2. The number of rotatable bonds is 3. The average molecular weight is 247 g/mol. The van der Waals surface area contributed by atoms with Crippen LogP contribution in [0, 0.1) is 0 Å². The lowest BCUT2D eigenvalue weighted by Crippen LogP contribution is -1.91. The summed E-state index contributed by atoms with van der Waals surface area (Å²) in [7, 11) is 1.35. The first-order valence-corrected chi connectivity index (χ1v) is 6.16. The number of benzene rings is 1. The van der Waals surface area contributed by atoms with Crippen molar-refractivity contribution in [2.24, 2.45) is 0 Å². The van der Waals surface area contributed by atoms with Crippen molar-refractivity contribution in [3.8, 4) is 0 Å². The van der Waals surface area contributed by atoms with Crippen LogP contribution in [0.5, 0.6) is 0 Å². The van der Waals surface area contributed by atoms with Gasteiger partial charge in [0.05, 0.1) is 4.90 Å². The van der Waals surface area contributed by atoms with E-state index in [9.17, 15) is 13.2 Å². The molecule has 0 saturated carbocycles. The van der Waals surface area contributed by atoms with E-state index in [4.69, 9.17) is 15.8 Å². The molecule has 1 rings (SSSR count). The molecule has 0 amide bonds. The van der Waals surface area contributed by atoms with E-state index >= 15 is 0 Å². The van der Waals surface area contributed by atoms with Crippen LogP contribution in [0.4, 0.5) is 0 Å². The number of halogens is 1. The first kappa shape index (κ1) is 11.7. The molecule has 0 bridgehead atoms. The summed E-state index contributed by atoms with van der Waals surface area (Å²) in [6.45, 7) is 0. The number of carbonyl (C=O) groups is 1. The molecule has 4 nitrogen and oxygen atoms in total. The highest BCUT2D eigenvalue weighted by Gasteiger charge is 2.08. The summed E-state index contributed by atoms with van der Waals surface area (Å²) in [5, 5.41) is 8.37. The van der Waals surface area contributed by atoms with Gasteiger partial charge in [0.25, 0.3) is 9.05 Å². The Morgan fingerprint density at radius 2 is 2.07 bits per heavy atom. The zero-order valence-corrected chi connectivity index (χ0v) is 8.99. The van der Waals surface area contributed by atoms with Crippen molar-refractivity contribution in [3.63, 3.8) is 0 Å². The van der Waals surface area contributed by atoms with Crippen LogP contribution in [0.2, 0.25) is 0 Å². The Morgan fingerprint density at radius 3 is 2.60 bits per heavy atom. The number of aliphatic carboxylic acids is 1. The van der Waals surface area contributed by atoms with Gasteiger partial charge in [-0.3, -0.25) is 0 Å². The average Bonchev–Trinajstić information content (AvgIpc) is 2.14. The first-order chi connectivity index (χ1) is 6.89. The predicted octanol–water partition coefficient (Wildman–Crippen LogP) is 1.71. The smallest absolute Gasteiger partial charge is 0.328 e. The third-order valence-electron chi connectivity index (χ3n) is 1.56. The van der Waals surface area contributed by atoms with Gasteiger partial charge in [0.1, 0.15) is 0 Å². The van der Waals surface area contributed by atoms with Crippen LogP contribution in [0.1, 0.15) is 5.56 Å². The molecule has 0 radical (unpaired) electrons. The van der Waals surface area contributed by atoms with Gasteiger partial charge in [-0.1, -0.05) is 12.1 Å². The Kier molecular flexibility index (Phi) is 3.49. The second-order valence-corrected chi connectivity index (χ2v) is 5.25. The first-order valence-electron chi connectivity index (χ1n) is 3.85. The molecule has 1 aromatic carbocycles. The van der Waals surface area contributed by atoms with Crippen LogP contribution in [0.3, 0.4) is 0 Å².